The first-order valence-corrected chi connectivity index (χ1v) is 6.48. The zero-order valence-corrected chi connectivity index (χ0v) is 11.4. The van der Waals surface area contributed by atoms with E-state index in [0.29, 0.717) is 5.03 Å². The van der Waals surface area contributed by atoms with E-state index < -0.39 is 5.97 Å². The molecule has 0 radical (unpaired) electrons. The minimum atomic E-state index is -0.617. The molecule has 4 nitrogen and oxygen atoms in total. The molecule has 19 heavy (non-hydrogen) atoms. The van der Waals surface area contributed by atoms with Gasteiger partial charge in [0, 0.05) is 11.4 Å². The van der Waals surface area contributed by atoms with Crippen molar-refractivity contribution in [1.29, 1.82) is 5.26 Å². The summed E-state index contributed by atoms with van der Waals surface area (Å²) < 4.78 is 4.65. The van der Waals surface area contributed by atoms with Crippen molar-refractivity contribution < 1.29 is 9.53 Å². The molecule has 0 saturated heterocycles. The van der Waals surface area contributed by atoms with Gasteiger partial charge in [0.1, 0.15) is 11.1 Å². The molecule has 0 fully saturated rings. The molecule has 5 heteroatoms. The van der Waals surface area contributed by atoms with Crippen LogP contribution < -0.4 is 4.90 Å². The van der Waals surface area contributed by atoms with Crippen molar-refractivity contribution in [2.45, 2.75) is 6.92 Å². The molecule has 1 aromatic carbocycles. The number of ether oxygens (including phenoxy) is 1. The monoisotopic (exact) mass is 272 g/mol. The highest BCUT2D eigenvalue weighted by atomic mass is 32.2. The topological polar surface area (TPSA) is 53.3 Å². The maximum atomic E-state index is 11.6. The summed E-state index contributed by atoms with van der Waals surface area (Å²) in [7, 11) is 1.27. The number of anilines is 1. The molecule has 1 aliphatic heterocycles. The maximum absolute atomic E-state index is 11.6. The Morgan fingerprint density at radius 3 is 2.63 bits per heavy atom. The molecule has 0 spiro atoms. The molecule has 0 aromatic heterocycles. The number of methoxy groups -OCH3 is 1. The van der Waals surface area contributed by atoms with Crippen LogP contribution in [0.5, 0.6) is 0 Å². The van der Waals surface area contributed by atoms with Crippen molar-refractivity contribution in [1.82, 2.24) is 0 Å². The van der Waals surface area contributed by atoms with Crippen LogP contribution in [0.15, 0.2) is 52.0 Å². The molecule has 1 aromatic rings. The number of carbonyl (C=O) groups is 1. The first-order valence-electron chi connectivity index (χ1n) is 5.60. The zero-order chi connectivity index (χ0) is 13.8. The summed E-state index contributed by atoms with van der Waals surface area (Å²) in [5.74, 6) is -0.617. The number of nitriles is 1. The van der Waals surface area contributed by atoms with E-state index in [1.165, 1.54) is 18.9 Å². The van der Waals surface area contributed by atoms with Gasteiger partial charge in [-0.2, -0.15) is 5.26 Å². The Morgan fingerprint density at radius 2 is 2.05 bits per heavy atom. The molecule has 0 N–H and O–H groups in total. The highest BCUT2D eigenvalue weighted by molar-refractivity contribution is 8.06. The number of benzene rings is 1. The Hall–Kier alpha value is -2.19. The predicted molar refractivity (Wildman–Crippen MR) is 74.9 cm³/mol. The predicted octanol–water partition coefficient (Wildman–Crippen LogP) is 3.01. The summed E-state index contributed by atoms with van der Waals surface area (Å²) in [6.07, 6.45) is 0. The van der Waals surface area contributed by atoms with Crippen LogP contribution in [0.2, 0.25) is 0 Å². The average Bonchev–Trinajstić information content (AvgIpc) is 2.82. The number of allylic oxidation sites excluding steroid dienone is 1. The van der Waals surface area contributed by atoms with Crippen molar-refractivity contribution in [3.63, 3.8) is 0 Å². The van der Waals surface area contributed by atoms with E-state index in [1.54, 1.807) is 0 Å². The van der Waals surface area contributed by atoms with E-state index in [1.807, 2.05) is 53.6 Å². The van der Waals surface area contributed by atoms with Crippen molar-refractivity contribution in [2.75, 3.05) is 12.0 Å². The molecule has 2 rings (SSSR count). The summed E-state index contributed by atoms with van der Waals surface area (Å²) in [4.78, 5) is 13.5. The molecule has 0 aliphatic carbocycles. The highest BCUT2D eigenvalue weighted by Gasteiger charge is 2.27. The Kier molecular flexibility index (Phi) is 3.93. The Balaban J connectivity index is 2.51. The lowest BCUT2D eigenvalue weighted by Gasteiger charge is -2.22. The van der Waals surface area contributed by atoms with Crippen LogP contribution >= 0.6 is 11.8 Å². The fraction of sp³-hybridized carbons (Fsp3) is 0.143. The van der Waals surface area contributed by atoms with Gasteiger partial charge < -0.3 is 9.64 Å². The largest absolute Gasteiger partial charge is 0.465 e. The van der Waals surface area contributed by atoms with Gasteiger partial charge in [-0.15, -0.1) is 0 Å². The Bertz CT molecular complexity index is 600. The van der Waals surface area contributed by atoms with Crippen LogP contribution in [0.4, 0.5) is 5.69 Å². The van der Waals surface area contributed by atoms with Crippen molar-refractivity contribution in [2.24, 2.45) is 0 Å². The number of rotatable bonds is 2. The van der Waals surface area contributed by atoms with Crippen LogP contribution in [-0.4, -0.2) is 13.1 Å². The first-order chi connectivity index (χ1) is 9.19. The van der Waals surface area contributed by atoms with E-state index in [9.17, 15) is 4.79 Å². The van der Waals surface area contributed by atoms with Gasteiger partial charge in [0.25, 0.3) is 0 Å². The maximum Gasteiger partial charge on any atom is 0.351 e. The lowest BCUT2D eigenvalue weighted by molar-refractivity contribution is -0.135. The molecule has 1 aliphatic rings. The summed E-state index contributed by atoms with van der Waals surface area (Å²) >= 11 is 1.35. The van der Waals surface area contributed by atoms with Gasteiger partial charge in [0.05, 0.1) is 7.11 Å². The van der Waals surface area contributed by atoms with Gasteiger partial charge in [0.15, 0.2) is 5.57 Å². The minimum absolute atomic E-state index is 0.0180. The second kappa shape index (κ2) is 5.63. The summed E-state index contributed by atoms with van der Waals surface area (Å²) in [5.41, 5.74) is 1.89. The van der Waals surface area contributed by atoms with Gasteiger partial charge >= 0.3 is 5.97 Å². The van der Waals surface area contributed by atoms with Crippen molar-refractivity contribution in [3.8, 4) is 6.07 Å². The van der Waals surface area contributed by atoms with E-state index in [2.05, 4.69) is 4.74 Å². The van der Waals surface area contributed by atoms with Gasteiger partial charge in [-0.25, -0.2) is 4.79 Å². The van der Waals surface area contributed by atoms with Crippen LogP contribution in [0, 0.1) is 11.3 Å². The Labute approximate surface area is 116 Å². The van der Waals surface area contributed by atoms with Crippen LogP contribution in [0.3, 0.4) is 0 Å². The number of para-hydroxylation sites is 1. The molecule has 0 unspecified atom stereocenters. The number of esters is 1. The number of hydrogen-bond donors (Lipinski definition) is 0. The van der Waals surface area contributed by atoms with Crippen LogP contribution in [0.1, 0.15) is 6.92 Å². The van der Waals surface area contributed by atoms with Gasteiger partial charge in [-0.05, 0) is 24.5 Å². The van der Waals surface area contributed by atoms with E-state index in [-0.39, 0.29) is 5.57 Å². The van der Waals surface area contributed by atoms with Gasteiger partial charge in [-0.1, -0.05) is 30.0 Å². The number of nitrogens with zero attached hydrogens (tertiary/aromatic N) is 2. The van der Waals surface area contributed by atoms with Crippen LogP contribution in [-0.2, 0) is 9.53 Å². The quantitative estimate of drug-likeness (QED) is 0.470. The van der Waals surface area contributed by atoms with Gasteiger partial charge in [-0.3, -0.25) is 0 Å². The SMILES string of the molecule is COC(=O)/C(C#N)=C1/SC=C(C)N1c1ccccc1. The van der Waals surface area contributed by atoms with E-state index in [4.69, 9.17) is 5.26 Å². The molecule has 0 atom stereocenters. The molecule has 0 bridgehead atoms. The molecular formula is C14H12N2O2S. The van der Waals surface area contributed by atoms with Crippen LogP contribution in [0.25, 0.3) is 0 Å². The third-order valence-corrected chi connectivity index (χ3v) is 3.70. The third-order valence-electron chi connectivity index (χ3n) is 2.63. The lowest BCUT2D eigenvalue weighted by atomic mass is 10.2. The zero-order valence-electron chi connectivity index (χ0n) is 10.6. The second-order valence-corrected chi connectivity index (χ2v) is 4.69. The minimum Gasteiger partial charge on any atom is -0.465 e. The van der Waals surface area contributed by atoms with Gasteiger partial charge in [0.2, 0.25) is 0 Å². The second-order valence-electron chi connectivity index (χ2n) is 3.83. The summed E-state index contributed by atoms with van der Waals surface area (Å²) in [5, 5.41) is 11.7. The van der Waals surface area contributed by atoms with E-state index >= 15 is 0 Å². The highest BCUT2D eigenvalue weighted by Crippen LogP contribution is 2.40. The summed E-state index contributed by atoms with van der Waals surface area (Å²) in [6, 6.07) is 11.5. The Morgan fingerprint density at radius 1 is 1.37 bits per heavy atom. The fourth-order valence-corrected chi connectivity index (χ4v) is 2.75. The molecule has 0 saturated carbocycles. The average molecular weight is 272 g/mol. The standard InChI is InChI=1S/C14H12N2O2S/c1-10-9-19-13(12(8-15)14(17)18-2)16(10)11-6-4-3-5-7-11/h3-7,9H,1-2H3/b13-12+. The van der Waals surface area contributed by atoms with E-state index in [0.717, 1.165) is 11.4 Å². The fourth-order valence-electron chi connectivity index (χ4n) is 1.76. The molecular weight excluding hydrogens is 260 g/mol. The normalized spacial score (nSPS) is 16.7. The first kappa shape index (κ1) is 13.2. The molecule has 1 heterocycles. The molecule has 96 valence electrons. The van der Waals surface area contributed by atoms with Crippen molar-refractivity contribution >= 4 is 23.4 Å². The number of hydrogen-bond acceptors (Lipinski definition) is 5. The summed E-state index contributed by atoms with van der Waals surface area (Å²) in [6.45, 7) is 1.93. The smallest absolute Gasteiger partial charge is 0.351 e. The van der Waals surface area contributed by atoms with Crippen molar-refractivity contribution in [3.05, 3.63) is 52.0 Å². The molecule has 0 amide bonds. The number of carbonyl (C=O) groups excluding carboxylic acids is 1. The lowest BCUT2D eigenvalue weighted by Crippen LogP contribution is -2.18. The third kappa shape index (κ3) is 2.49. The number of thioether (sulfide) groups is 1.